The van der Waals surface area contributed by atoms with Crippen LogP contribution in [-0.2, 0) is 5.75 Å². The fourth-order valence-electron chi connectivity index (χ4n) is 2.67. The SMILES string of the molecule is Fc1cccc(F)c1[C@@H]1SCc2nc3ccc(Cl)cc3n21. The molecule has 0 unspecified atom stereocenters. The van der Waals surface area contributed by atoms with Crippen LogP contribution >= 0.6 is 23.4 Å². The Labute approximate surface area is 128 Å². The molecular formula is C15H9ClF2N2S. The van der Waals surface area contributed by atoms with Crippen LogP contribution in [0.2, 0.25) is 5.02 Å². The molecule has 4 rings (SSSR count). The van der Waals surface area contributed by atoms with Crippen molar-refractivity contribution in [1.29, 1.82) is 0 Å². The van der Waals surface area contributed by atoms with Gasteiger partial charge in [0.1, 0.15) is 22.8 Å². The number of halogens is 3. The highest BCUT2D eigenvalue weighted by atomic mass is 35.5. The van der Waals surface area contributed by atoms with Crippen molar-refractivity contribution in [2.45, 2.75) is 11.1 Å². The first-order valence-electron chi connectivity index (χ1n) is 6.37. The molecule has 0 spiro atoms. The van der Waals surface area contributed by atoms with Crippen LogP contribution in [0.4, 0.5) is 8.78 Å². The molecule has 2 aromatic carbocycles. The molecule has 1 aliphatic heterocycles. The number of benzene rings is 2. The molecule has 0 amide bonds. The van der Waals surface area contributed by atoms with E-state index in [2.05, 4.69) is 4.98 Å². The van der Waals surface area contributed by atoms with Crippen molar-refractivity contribution < 1.29 is 8.78 Å². The molecule has 0 fully saturated rings. The van der Waals surface area contributed by atoms with Gasteiger partial charge < -0.3 is 4.57 Å². The number of imidazole rings is 1. The van der Waals surface area contributed by atoms with Crippen molar-refractivity contribution in [3.05, 3.63) is 64.4 Å². The van der Waals surface area contributed by atoms with Crippen molar-refractivity contribution >= 4 is 34.4 Å². The van der Waals surface area contributed by atoms with Crippen molar-refractivity contribution in [2.24, 2.45) is 0 Å². The molecule has 6 heteroatoms. The minimum absolute atomic E-state index is 0.0699. The maximum Gasteiger partial charge on any atom is 0.132 e. The molecule has 2 nitrogen and oxygen atoms in total. The van der Waals surface area contributed by atoms with E-state index in [0.717, 1.165) is 16.9 Å². The van der Waals surface area contributed by atoms with Crippen LogP contribution in [0, 0.1) is 11.6 Å². The number of thioether (sulfide) groups is 1. The highest BCUT2D eigenvalue weighted by Crippen LogP contribution is 2.44. The second-order valence-electron chi connectivity index (χ2n) is 4.83. The Morgan fingerprint density at radius 3 is 2.71 bits per heavy atom. The fourth-order valence-corrected chi connectivity index (χ4v) is 4.12. The quantitative estimate of drug-likeness (QED) is 0.642. The first-order valence-corrected chi connectivity index (χ1v) is 7.79. The molecule has 0 radical (unpaired) electrons. The second kappa shape index (κ2) is 4.71. The minimum atomic E-state index is -0.538. The monoisotopic (exact) mass is 322 g/mol. The molecule has 1 atom stereocenters. The lowest BCUT2D eigenvalue weighted by molar-refractivity contribution is 0.544. The summed E-state index contributed by atoms with van der Waals surface area (Å²) in [5.74, 6) is 0.350. The number of hydrogen-bond acceptors (Lipinski definition) is 2. The Balaban J connectivity index is 1.97. The minimum Gasteiger partial charge on any atom is -0.310 e. The molecule has 2 heterocycles. The van der Waals surface area contributed by atoms with E-state index in [1.54, 1.807) is 12.1 Å². The Morgan fingerprint density at radius 2 is 1.95 bits per heavy atom. The molecule has 0 saturated carbocycles. The maximum absolute atomic E-state index is 14.1. The molecule has 1 aromatic heterocycles. The van der Waals surface area contributed by atoms with Gasteiger partial charge in [-0.15, -0.1) is 11.8 Å². The Kier molecular flexibility index (Phi) is 2.94. The van der Waals surface area contributed by atoms with Crippen LogP contribution in [0.1, 0.15) is 16.8 Å². The Bertz CT molecular complexity index is 842. The van der Waals surface area contributed by atoms with Crippen LogP contribution in [0.15, 0.2) is 36.4 Å². The first kappa shape index (κ1) is 13.1. The number of hydrogen-bond donors (Lipinski definition) is 0. The normalized spacial score (nSPS) is 17.4. The number of aromatic nitrogens is 2. The molecular weight excluding hydrogens is 314 g/mol. The van der Waals surface area contributed by atoms with Crippen LogP contribution in [0.5, 0.6) is 0 Å². The van der Waals surface area contributed by atoms with Crippen LogP contribution in [0.3, 0.4) is 0 Å². The lowest BCUT2D eigenvalue weighted by Gasteiger charge is -2.15. The molecule has 0 aliphatic carbocycles. The predicted molar refractivity (Wildman–Crippen MR) is 80.5 cm³/mol. The van der Waals surface area contributed by atoms with E-state index in [-0.39, 0.29) is 5.56 Å². The lowest BCUT2D eigenvalue weighted by atomic mass is 10.2. The van der Waals surface area contributed by atoms with E-state index >= 15 is 0 Å². The van der Waals surface area contributed by atoms with Crippen molar-refractivity contribution in [3.8, 4) is 0 Å². The van der Waals surface area contributed by atoms with Gasteiger partial charge in [-0.3, -0.25) is 0 Å². The molecule has 3 aromatic rings. The van der Waals surface area contributed by atoms with Gasteiger partial charge in [-0.05, 0) is 30.3 Å². The lowest BCUT2D eigenvalue weighted by Crippen LogP contribution is -2.08. The van der Waals surface area contributed by atoms with E-state index in [0.29, 0.717) is 10.8 Å². The Hall–Kier alpha value is -1.59. The second-order valence-corrected chi connectivity index (χ2v) is 6.33. The third kappa shape index (κ3) is 1.95. The average Bonchev–Trinajstić information content (AvgIpc) is 2.99. The molecule has 0 saturated heterocycles. The summed E-state index contributed by atoms with van der Waals surface area (Å²) in [5, 5.41) is 0.125. The van der Waals surface area contributed by atoms with Gasteiger partial charge in [-0.1, -0.05) is 17.7 Å². The van der Waals surface area contributed by atoms with Crippen molar-refractivity contribution in [1.82, 2.24) is 9.55 Å². The first-order chi connectivity index (χ1) is 10.1. The van der Waals surface area contributed by atoms with Crippen molar-refractivity contribution in [3.63, 3.8) is 0 Å². The van der Waals surface area contributed by atoms with E-state index in [1.807, 2.05) is 10.6 Å². The molecule has 0 N–H and O–H groups in total. The van der Waals surface area contributed by atoms with E-state index in [1.165, 1.54) is 30.0 Å². The Morgan fingerprint density at radius 1 is 1.19 bits per heavy atom. The predicted octanol–water partition coefficient (Wildman–Crippen LogP) is 4.76. The molecule has 106 valence electrons. The number of rotatable bonds is 1. The summed E-state index contributed by atoms with van der Waals surface area (Å²) < 4.78 is 30.0. The smallest absolute Gasteiger partial charge is 0.132 e. The number of nitrogens with zero attached hydrogens (tertiary/aromatic N) is 2. The summed E-state index contributed by atoms with van der Waals surface area (Å²) in [6.07, 6.45) is 0. The van der Waals surface area contributed by atoms with Gasteiger partial charge in [-0.25, -0.2) is 13.8 Å². The van der Waals surface area contributed by atoms with Crippen LogP contribution in [0.25, 0.3) is 11.0 Å². The van der Waals surface area contributed by atoms with Gasteiger partial charge in [0, 0.05) is 5.02 Å². The number of fused-ring (bicyclic) bond motifs is 3. The van der Waals surface area contributed by atoms with Gasteiger partial charge in [-0.2, -0.15) is 0 Å². The molecule has 0 bridgehead atoms. The summed E-state index contributed by atoms with van der Waals surface area (Å²) in [7, 11) is 0. The maximum atomic E-state index is 14.1. The van der Waals surface area contributed by atoms with E-state index in [4.69, 9.17) is 11.6 Å². The summed E-state index contributed by atoms with van der Waals surface area (Å²) in [6.45, 7) is 0. The van der Waals surface area contributed by atoms with Gasteiger partial charge in [0.2, 0.25) is 0 Å². The third-order valence-corrected chi connectivity index (χ3v) is 5.00. The van der Waals surface area contributed by atoms with Gasteiger partial charge in [0.15, 0.2) is 0 Å². The largest absolute Gasteiger partial charge is 0.310 e. The topological polar surface area (TPSA) is 17.8 Å². The summed E-state index contributed by atoms with van der Waals surface area (Å²) in [4.78, 5) is 4.51. The highest BCUT2D eigenvalue weighted by molar-refractivity contribution is 7.99. The van der Waals surface area contributed by atoms with E-state index < -0.39 is 17.0 Å². The van der Waals surface area contributed by atoms with Crippen LogP contribution in [-0.4, -0.2) is 9.55 Å². The van der Waals surface area contributed by atoms with E-state index in [9.17, 15) is 8.78 Å². The summed E-state index contributed by atoms with van der Waals surface area (Å²) in [5.41, 5.74) is 1.66. The van der Waals surface area contributed by atoms with Gasteiger partial charge in [0.05, 0.1) is 22.3 Å². The van der Waals surface area contributed by atoms with Gasteiger partial charge >= 0.3 is 0 Å². The van der Waals surface area contributed by atoms with Crippen LogP contribution < -0.4 is 0 Å². The average molecular weight is 323 g/mol. The summed E-state index contributed by atoms with van der Waals surface area (Å²) in [6, 6.07) is 9.30. The zero-order valence-corrected chi connectivity index (χ0v) is 12.3. The molecule has 21 heavy (non-hydrogen) atoms. The summed E-state index contributed by atoms with van der Waals surface area (Å²) >= 11 is 7.49. The highest BCUT2D eigenvalue weighted by Gasteiger charge is 2.31. The van der Waals surface area contributed by atoms with Gasteiger partial charge in [0.25, 0.3) is 0 Å². The zero-order valence-electron chi connectivity index (χ0n) is 10.7. The zero-order chi connectivity index (χ0) is 14.6. The molecule has 1 aliphatic rings. The van der Waals surface area contributed by atoms with Crippen molar-refractivity contribution in [2.75, 3.05) is 0 Å². The third-order valence-electron chi connectivity index (χ3n) is 3.58. The standard InChI is InChI=1S/C15H9ClF2N2S/c16-8-4-5-11-12(6-8)20-13(19-11)7-21-15(20)14-9(17)2-1-3-10(14)18/h1-6,15H,7H2/t15-/m0/s1. The fraction of sp³-hybridized carbons (Fsp3) is 0.133.